The predicted octanol–water partition coefficient (Wildman–Crippen LogP) is 0.935. The molecule has 136 valence electrons. The van der Waals surface area contributed by atoms with Gasteiger partial charge in [-0.1, -0.05) is 0 Å². The number of hydroxylamine groups is 2. The Kier molecular flexibility index (Phi) is 3.73. The van der Waals surface area contributed by atoms with Gasteiger partial charge in [0, 0.05) is 13.3 Å². The summed E-state index contributed by atoms with van der Waals surface area (Å²) in [4.78, 5) is 17.1. The molecule has 8 nitrogen and oxygen atoms in total. The van der Waals surface area contributed by atoms with Gasteiger partial charge in [-0.15, -0.1) is 0 Å². The van der Waals surface area contributed by atoms with Gasteiger partial charge in [-0.25, -0.2) is 0 Å². The molecule has 0 bridgehead atoms. The van der Waals surface area contributed by atoms with Gasteiger partial charge in [-0.2, -0.15) is 5.06 Å². The van der Waals surface area contributed by atoms with Crippen molar-refractivity contribution >= 4 is 5.97 Å². The third kappa shape index (κ3) is 2.75. The minimum Gasteiger partial charge on any atom is -0.434 e. The highest BCUT2D eigenvalue weighted by atomic mass is 16.8. The zero-order valence-corrected chi connectivity index (χ0v) is 14.7. The molecule has 4 fully saturated rings. The van der Waals surface area contributed by atoms with Crippen molar-refractivity contribution < 1.29 is 33.3 Å². The number of hydrogen-bond acceptors (Lipinski definition) is 8. The lowest BCUT2D eigenvalue weighted by Crippen LogP contribution is -2.48. The summed E-state index contributed by atoms with van der Waals surface area (Å²) in [5, 5.41) is 1.84. The van der Waals surface area contributed by atoms with Crippen LogP contribution in [-0.4, -0.2) is 65.9 Å². The van der Waals surface area contributed by atoms with E-state index in [2.05, 4.69) is 0 Å². The molecule has 0 aromatic carbocycles. The maximum absolute atomic E-state index is 11.3. The van der Waals surface area contributed by atoms with Crippen LogP contribution < -0.4 is 0 Å². The number of fused-ring (bicyclic) bond motifs is 3. The normalized spacial score (nSPS) is 46.0. The van der Waals surface area contributed by atoms with E-state index >= 15 is 0 Å². The first-order valence-corrected chi connectivity index (χ1v) is 8.45. The quantitative estimate of drug-likeness (QED) is 0.686. The van der Waals surface area contributed by atoms with Gasteiger partial charge in [0.25, 0.3) is 0 Å². The van der Waals surface area contributed by atoms with E-state index < -0.39 is 17.9 Å². The largest absolute Gasteiger partial charge is 0.434 e. The van der Waals surface area contributed by atoms with E-state index in [0.29, 0.717) is 13.0 Å². The molecule has 0 amide bonds. The molecule has 0 aliphatic carbocycles. The van der Waals surface area contributed by atoms with Crippen LogP contribution in [0.1, 0.15) is 41.0 Å². The topological polar surface area (TPSA) is 75.7 Å². The van der Waals surface area contributed by atoms with Gasteiger partial charge in [0.05, 0.1) is 18.7 Å². The first-order valence-electron chi connectivity index (χ1n) is 8.45. The van der Waals surface area contributed by atoms with E-state index in [1.807, 2.05) is 32.8 Å². The van der Waals surface area contributed by atoms with Crippen molar-refractivity contribution in [2.45, 2.75) is 89.3 Å². The lowest BCUT2D eigenvalue weighted by Gasteiger charge is -2.31. The van der Waals surface area contributed by atoms with E-state index in [4.69, 9.17) is 28.5 Å². The van der Waals surface area contributed by atoms with E-state index in [1.54, 1.807) is 0 Å². The molecule has 8 heteroatoms. The average molecular weight is 343 g/mol. The zero-order valence-electron chi connectivity index (χ0n) is 14.7. The van der Waals surface area contributed by atoms with E-state index in [-0.39, 0.29) is 36.4 Å². The molecule has 4 heterocycles. The lowest BCUT2D eigenvalue weighted by atomic mass is 10.0. The number of ether oxygens (including phenoxy) is 5. The Morgan fingerprint density at radius 1 is 1.08 bits per heavy atom. The molecular formula is C16H25NO7. The summed E-state index contributed by atoms with van der Waals surface area (Å²) in [6, 6.07) is -0.220. The number of hydrogen-bond donors (Lipinski definition) is 0. The van der Waals surface area contributed by atoms with Crippen molar-refractivity contribution in [1.29, 1.82) is 0 Å². The second kappa shape index (κ2) is 5.36. The highest BCUT2D eigenvalue weighted by Crippen LogP contribution is 2.47. The Balaban J connectivity index is 1.58. The van der Waals surface area contributed by atoms with Gasteiger partial charge in [-0.3, -0.25) is 9.63 Å². The van der Waals surface area contributed by atoms with Crippen molar-refractivity contribution in [1.82, 2.24) is 5.06 Å². The summed E-state index contributed by atoms with van der Waals surface area (Å²) in [6.07, 6.45) is -0.582. The van der Waals surface area contributed by atoms with Crippen molar-refractivity contribution in [2.75, 3.05) is 6.61 Å². The molecule has 0 spiro atoms. The van der Waals surface area contributed by atoms with E-state index in [9.17, 15) is 4.79 Å². The summed E-state index contributed by atoms with van der Waals surface area (Å²) < 4.78 is 29.2. The second-order valence-corrected chi connectivity index (χ2v) is 7.73. The highest BCUT2D eigenvalue weighted by Gasteiger charge is 2.65. The van der Waals surface area contributed by atoms with Gasteiger partial charge in [-0.05, 0) is 27.7 Å². The molecule has 4 saturated heterocycles. The molecule has 0 saturated carbocycles. The van der Waals surface area contributed by atoms with Gasteiger partial charge in [0.2, 0.25) is 6.29 Å². The van der Waals surface area contributed by atoms with Gasteiger partial charge in [0.15, 0.2) is 11.6 Å². The highest BCUT2D eigenvalue weighted by molar-refractivity contribution is 5.66. The fraction of sp³-hybridized carbons (Fsp3) is 0.938. The smallest absolute Gasteiger partial charge is 0.304 e. The molecular weight excluding hydrogens is 318 g/mol. The molecule has 24 heavy (non-hydrogen) atoms. The van der Waals surface area contributed by atoms with Crippen LogP contribution in [0.5, 0.6) is 0 Å². The standard InChI is InChI=1S/C16H25NO7/c1-8(18)20-11-6-9-13-14(23-16(4,5)22-13)12(17(9)24-11)10-7-19-15(2,3)21-10/h9-14H,6-7H2,1-5H3/t9-,10-,11-,12+,13-,14+/m1/s1. The molecule has 0 radical (unpaired) electrons. The molecule has 6 atom stereocenters. The van der Waals surface area contributed by atoms with Gasteiger partial charge < -0.3 is 23.7 Å². The summed E-state index contributed by atoms with van der Waals surface area (Å²) in [5.74, 6) is -1.66. The van der Waals surface area contributed by atoms with Crippen LogP contribution in [-0.2, 0) is 33.3 Å². The van der Waals surface area contributed by atoms with Crippen molar-refractivity contribution in [3.63, 3.8) is 0 Å². The monoisotopic (exact) mass is 343 g/mol. The van der Waals surface area contributed by atoms with Gasteiger partial charge in [0.1, 0.15) is 18.3 Å². The number of carbonyl (C=O) groups is 1. The van der Waals surface area contributed by atoms with Crippen LogP contribution in [0.15, 0.2) is 0 Å². The van der Waals surface area contributed by atoms with Crippen LogP contribution >= 0.6 is 0 Å². The molecule has 0 unspecified atom stereocenters. The first-order chi connectivity index (χ1) is 11.2. The van der Waals surface area contributed by atoms with Crippen LogP contribution in [0, 0.1) is 0 Å². The van der Waals surface area contributed by atoms with Crippen LogP contribution in [0.4, 0.5) is 0 Å². The minimum atomic E-state index is -0.659. The minimum absolute atomic E-state index is 0.0431. The summed E-state index contributed by atoms with van der Waals surface area (Å²) in [6.45, 7) is 9.42. The predicted molar refractivity (Wildman–Crippen MR) is 79.4 cm³/mol. The maximum Gasteiger partial charge on any atom is 0.304 e. The van der Waals surface area contributed by atoms with Gasteiger partial charge >= 0.3 is 5.97 Å². The maximum atomic E-state index is 11.3. The molecule has 0 N–H and O–H groups in total. The summed E-state index contributed by atoms with van der Waals surface area (Å²) in [7, 11) is 0. The lowest BCUT2D eigenvalue weighted by molar-refractivity contribution is -0.273. The summed E-state index contributed by atoms with van der Waals surface area (Å²) in [5.41, 5.74) is 0. The Labute approximate surface area is 141 Å². The molecule has 0 aromatic heterocycles. The number of carbonyl (C=O) groups excluding carboxylic acids is 1. The molecule has 4 aliphatic rings. The van der Waals surface area contributed by atoms with Crippen molar-refractivity contribution in [2.24, 2.45) is 0 Å². The fourth-order valence-electron chi connectivity index (χ4n) is 4.17. The SMILES string of the molecule is CC(=O)O[C@H]1C[C@@H]2[C@H]3OC(C)(C)O[C@H]3[C@H]([C@H]3COC(C)(C)O3)N2O1. The van der Waals surface area contributed by atoms with E-state index in [0.717, 1.165) is 0 Å². The fourth-order valence-corrected chi connectivity index (χ4v) is 4.17. The summed E-state index contributed by atoms with van der Waals surface area (Å²) >= 11 is 0. The first kappa shape index (κ1) is 16.7. The van der Waals surface area contributed by atoms with Crippen LogP contribution in [0.3, 0.4) is 0 Å². The van der Waals surface area contributed by atoms with Crippen LogP contribution in [0.2, 0.25) is 0 Å². The number of esters is 1. The molecule has 4 rings (SSSR count). The Hall–Kier alpha value is -0.770. The number of nitrogens with zero attached hydrogens (tertiary/aromatic N) is 1. The Morgan fingerprint density at radius 2 is 1.79 bits per heavy atom. The van der Waals surface area contributed by atoms with Crippen LogP contribution in [0.25, 0.3) is 0 Å². The Morgan fingerprint density at radius 3 is 2.42 bits per heavy atom. The number of rotatable bonds is 2. The Bertz CT molecular complexity index is 537. The van der Waals surface area contributed by atoms with Crippen molar-refractivity contribution in [3.8, 4) is 0 Å². The molecule has 4 aliphatic heterocycles. The molecule has 0 aromatic rings. The van der Waals surface area contributed by atoms with E-state index in [1.165, 1.54) is 6.92 Å². The zero-order chi connectivity index (χ0) is 17.3. The van der Waals surface area contributed by atoms with Crippen molar-refractivity contribution in [3.05, 3.63) is 0 Å². The third-order valence-corrected chi connectivity index (χ3v) is 4.88. The third-order valence-electron chi connectivity index (χ3n) is 4.88. The second-order valence-electron chi connectivity index (χ2n) is 7.73. The average Bonchev–Trinajstić information content (AvgIpc) is 3.10.